The van der Waals surface area contributed by atoms with Crippen molar-refractivity contribution in [2.24, 2.45) is 0 Å². The Morgan fingerprint density at radius 3 is 2.03 bits per heavy atom. The van der Waals surface area contributed by atoms with Crippen LogP contribution in [0.2, 0.25) is 0 Å². The second-order valence-corrected chi connectivity index (χ2v) is 8.34. The Balaban J connectivity index is 1.83. The zero-order valence-electron chi connectivity index (χ0n) is 16.4. The highest BCUT2D eigenvalue weighted by molar-refractivity contribution is 7.92. The molecule has 3 aromatic carbocycles. The molecule has 0 heterocycles. The molecule has 0 atom stereocenters. The fourth-order valence-electron chi connectivity index (χ4n) is 2.68. The molecule has 0 unspecified atom stereocenters. The number of rotatable bonds is 6. The number of aryl methyl sites for hydroxylation is 2. The molecular weight excluding hydrogens is 388 g/mol. The Bertz CT molecular complexity index is 1120. The van der Waals surface area contributed by atoms with Crippen molar-refractivity contribution in [2.75, 3.05) is 17.1 Å². The average Bonchev–Trinajstić information content (AvgIpc) is 2.70. The van der Waals surface area contributed by atoms with Crippen LogP contribution in [-0.2, 0) is 10.0 Å². The standard InChI is InChI=1S/C22H22N2O4S/c1-15-4-8-17(9-5-15)22(25)23-20-13-12-19(14-21(20)28-3)29(26,27)24-18-10-6-16(2)7-11-18/h4-14,24H,1-3H3,(H,23,25). The highest BCUT2D eigenvalue weighted by atomic mass is 32.2. The van der Waals surface area contributed by atoms with Gasteiger partial charge in [0.25, 0.3) is 15.9 Å². The third kappa shape index (κ3) is 4.94. The smallest absolute Gasteiger partial charge is 0.262 e. The van der Waals surface area contributed by atoms with E-state index in [1.54, 1.807) is 24.3 Å². The first-order valence-electron chi connectivity index (χ1n) is 8.94. The van der Waals surface area contributed by atoms with Crippen LogP contribution in [0.3, 0.4) is 0 Å². The van der Waals surface area contributed by atoms with Crippen LogP contribution in [0.1, 0.15) is 21.5 Å². The van der Waals surface area contributed by atoms with Gasteiger partial charge in [0, 0.05) is 17.3 Å². The highest BCUT2D eigenvalue weighted by Crippen LogP contribution is 2.29. The molecule has 0 aliphatic rings. The van der Waals surface area contributed by atoms with Crippen LogP contribution < -0.4 is 14.8 Å². The van der Waals surface area contributed by atoms with Gasteiger partial charge in [0.15, 0.2) is 0 Å². The molecule has 0 saturated heterocycles. The molecule has 1 amide bonds. The van der Waals surface area contributed by atoms with E-state index < -0.39 is 10.0 Å². The summed E-state index contributed by atoms with van der Waals surface area (Å²) in [6.07, 6.45) is 0. The number of carbonyl (C=O) groups excluding carboxylic acids is 1. The SMILES string of the molecule is COc1cc(S(=O)(=O)Nc2ccc(C)cc2)ccc1NC(=O)c1ccc(C)cc1. The zero-order valence-corrected chi connectivity index (χ0v) is 17.2. The van der Waals surface area contributed by atoms with Gasteiger partial charge in [-0.25, -0.2) is 8.42 Å². The maximum atomic E-state index is 12.7. The van der Waals surface area contributed by atoms with Crippen molar-refractivity contribution in [1.29, 1.82) is 0 Å². The molecule has 0 aromatic heterocycles. The Kier molecular flexibility index (Phi) is 5.89. The van der Waals surface area contributed by atoms with E-state index in [4.69, 9.17) is 4.74 Å². The van der Waals surface area contributed by atoms with Crippen LogP contribution >= 0.6 is 0 Å². The van der Waals surface area contributed by atoms with E-state index in [1.807, 2.05) is 38.1 Å². The largest absolute Gasteiger partial charge is 0.495 e. The van der Waals surface area contributed by atoms with Crippen LogP contribution in [0.15, 0.2) is 71.6 Å². The van der Waals surface area contributed by atoms with Crippen LogP contribution in [-0.4, -0.2) is 21.4 Å². The van der Waals surface area contributed by atoms with Gasteiger partial charge in [-0.15, -0.1) is 0 Å². The molecular formula is C22H22N2O4S. The van der Waals surface area contributed by atoms with Crippen molar-refractivity contribution in [1.82, 2.24) is 0 Å². The summed E-state index contributed by atoms with van der Waals surface area (Å²) in [7, 11) is -2.39. The van der Waals surface area contributed by atoms with Crippen LogP contribution in [0.5, 0.6) is 5.75 Å². The number of benzene rings is 3. The Morgan fingerprint density at radius 1 is 0.862 bits per heavy atom. The summed E-state index contributed by atoms with van der Waals surface area (Å²) in [6, 6.07) is 18.5. The number of carbonyl (C=O) groups is 1. The predicted molar refractivity (Wildman–Crippen MR) is 114 cm³/mol. The number of nitrogens with one attached hydrogen (secondary N) is 2. The van der Waals surface area contributed by atoms with Gasteiger partial charge in [-0.1, -0.05) is 35.4 Å². The Labute approximate surface area is 170 Å². The predicted octanol–water partition coefficient (Wildman–Crippen LogP) is 4.37. The maximum absolute atomic E-state index is 12.7. The fourth-order valence-corrected chi connectivity index (χ4v) is 3.75. The summed E-state index contributed by atoms with van der Waals surface area (Å²) in [5.41, 5.74) is 3.42. The van der Waals surface area contributed by atoms with Gasteiger partial charge in [0.1, 0.15) is 5.75 Å². The molecule has 3 rings (SSSR count). The average molecular weight is 410 g/mol. The normalized spacial score (nSPS) is 11.0. The van der Waals surface area contributed by atoms with Crippen LogP contribution in [0.4, 0.5) is 11.4 Å². The highest BCUT2D eigenvalue weighted by Gasteiger charge is 2.18. The third-order valence-corrected chi connectivity index (χ3v) is 5.73. The van der Waals surface area contributed by atoms with Crippen molar-refractivity contribution in [3.05, 3.63) is 83.4 Å². The monoisotopic (exact) mass is 410 g/mol. The minimum absolute atomic E-state index is 0.0308. The van der Waals surface area contributed by atoms with Gasteiger partial charge < -0.3 is 10.1 Å². The molecule has 0 fully saturated rings. The number of hydrogen-bond donors (Lipinski definition) is 2. The molecule has 0 saturated carbocycles. The number of ether oxygens (including phenoxy) is 1. The van der Waals surface area contributed by atoms with E-state index in [2.05, 4.69) is 10.0 Å². The van der Waals surface area contributed by atoms with Crippen LogP contribution in [0, 0.1) is 13.8 Å². The van der Waals surface area contributed by atoms with Crippen molar-refractivity contribution in [3.63, 3.8) is 0 Å². The van der Waals surface area contributed by atoms with Crippen LogP contribution in [0.25, 0.3) is 0 Å². The minimum Gasteiger partial charge on any atom is -0.495 e. The summed E-state index contributed by atoms with van der Waals surface area (Å²) in [5.74, 6) is -0.0612. The van der Waals surface area contributed by atoms with E-state index in [0.717, 1.165) is 11.1 Å². The summed E-state index contributed by atoms with van der Waals surface area (Å²) in [4.78, 5) is 12.5. The Morgan fingerprint density at radius 2 is 1.45 bits per heavy atom. The second kappa shape index (κ2) is 8.36. The molecule has 3 aromatic rings. The van der Waals surface area contributed by atoms with Gasteiger partial charge in [0.05, 0.1) is 17.7 Å². The number of sulfonamides is 1. The Hall–Kier alpha value is -3.32. The van der Waals surface area contributed by atoms with E-state index >= 15 is 0 Å². The fraction of sp³-hybridized carbons (Fsp3) is 0.136. The van der Waals surface area contributed by atoms with Gasteiger partial charge in [-0.3, -0.25) is 9.52 Å². The van der Waals surface area contributed by atoms with Gasteiger partial charge in [-0.2, -0.15) is 0 Å². The lowest BCUT2D eigenvalue weighted by molar-refractivity contribution is 0.102. The quantitative estimate of drug-likeness (QED) is 0.632. The molecule has 0 aliphatic heterocycles. The number of anilines is 2. The molecule has 7 heteroatoms. The summed E-state index contributed by atoms with van der Waals surface area (Å²) in [5, 5.41) is 2.75. The topological polar surface area (TPSA) is 84.5 Å². The lowest BCUT2D eigenvalue weighted by Crippen LogP contribution is -2.15. The zero-order chi connectivity index (χ0) is 21.0. The first-order chi connectivity index (χ1) is 13.8. The summed E-state index contributed by atoms with van der Waals surface area (Å²) < 4.78 is 33.2. The van der Waals surface area contributed by atoms with E-state index in [-0.39, 0.29) is 16.6 Å². The molecule has 29 heavy (non-hydrogen) atoms. The maximum Gasteiger partial charge on any atom is 0.262 e. The summed E-state index contributed by atoms with van der Waals surface area (Å²) >= 11 is 0. The number of methoxy groups -OCH3 is 1. The molecule has 0 aliphatic carbocycles. The lowest BCUT2D eigenvalue weighted by atomic mass is 10.1. The number of hydrogen-bond acceptors (Lipinski definition) is 4. The molecule has 0 radical (unpaired) electrons. The van der Waals surface area contributed by atoms with Gasteiger partial charge >= 0.3 is 0 Å². The first kappa shape index (κ1) is 20.4. The molecule has 0 bridgehead atoms. The number of amides is 1. The lowest BCUT2D eigenvalue weighted by Gasteiger charge is -2.13. The molecule has 0 spiro atoms. The summed E-state index contributed by atoms with van der Waals surface area (Å²) in [6.45, 7) is 3.86. The van der Waals surface area contributed by atoms with Gasteiger partial charge in [-0.05, 0) is 50.2 Å². The first-order valence-corrected chi connectivity index (χ1v) is 10.4. The third-order valence-electron chi connectivity index (χ3n) is 4.35. The van der Waals surface area contributed by atoms with E-state index in [9.17, 15) is 13.2 Å². The van der Waals surface area contributed by atoms with E-state index in [1.165, 1.54) is 25.3 Å². The van der Waals surface area contributed by atoms with Crippen molar-refractivity contribution in [3.8, 4) is 5.75 Å². The van der Waals surface area contributed by atoms with Gasteiger partial charge in [0.2, 0.25) is 0 Å². The molecule has 6 nitrogen and oxygen atoms in total. The molecule has 150 valence electrons. The van der Waals surface area contributed by atoms with E-state index in [0.29, 0.717) is 16.9 Å². The molecule has 2 N–H and O–H groups in total. The second-order valence-electron chi connectivity index (χ2n) is 6.65. The van der Waals surface area contributed by atoms with Crippen molar-refractivity contribution >= 4 is 27.3 Å². The minimum atomic E-state index is -3.80. The van der Waals surface area contributed by atoms with Crippen molar-refractivity contribution < 1.29 is 17.9 Å². The van der Waals surface area contributed by atoms with Crippen molar-refractivity contribution in [2.45, 2.75) is 18.7 Å².